The van der Waals surface area contributed by atoms with Crippen LogP contribution in [0.3, 0.4) is 0 Å². The van der Waals surface area contributed by atoms with Gasteiger partial charge in [-0.25, -0.2) is 0 Å². The van der Waals surface area contributed by atoms with Crippen molar-refractivity contribution in [3.05, 3.63) is 42.5 Å². The van der Waals surface area contributed by atoms with Crippen molar-refractivity contribution in [2.75, 3.05) is 5.73 Å². The molecule has 4 nitrogen and oxygen atoms in total. The van der Waals surface area contributed by atoms with E-state index in [1.54, 1.807) is 30.3 Å². The zero-order valence-electron chi connectivity index (χ0n) is 8.92. The van der Waals surface area contributed by atoms with Gasteiger partial charge in [-0.05, 0) is 42.5 Å². The van der Waals surface area contributed by atoms with Crippen LogP contribution in [0, 0.1) is 0 Å². The standard InChI is InChI=1S/C13H10N2O2/c14-9-3-6-11-12(7-9)15-17-13(11)8-1-4-10(16)5-2-8/h1-7,16H,14H2. The lowest BCUT2D eigenvalue weighted by atomic mass is 10.1. The zero-order chi connectivity index (χ0) is 11.8. The van der Waals surface area contributed by atoms with E-state index in [1.807, 2.05) is 12.1 Å². The molecule has 0 atom stereocenters. The number of hydrogen-bond donors (Lipinski definition) is 2. The summed E-state index contributed by atoms with van der Waals surface area (Å²) in [7, 11) is 0. The second-order valence-electron chi connectivity index (χ2n) is 3.84. The van der Waals surface area contributed by atoms with Crippen molar-refractivity contribution in [3.63, 3.8) is 0 Å². The molecular weight excluding hydrogens is 216 g/mol. The molecule has 0 radical (unpaired) electrons. The van der Waals surface area contributed by atoms with Gasteiger partial charge in [0.1, 0.15) is 11.3 Å². The van der Waals surface area contributed by atoms with Crippen molar-refractivity contribution in [1.82, 2.24) is 5.16 Å². The fraction of sp³-hybridized carbons (Fsp3) is 0. The number of benzene rings is 2. The van der Waals surface area contributed by atoms with Crippen LogP contribution < -0.4 is 5.73 Å². The molecule has 0 aliphatic rings. The summed E-state index contributed by atoms with van der Waals surface area (Å²) >= 11 is 0. The van der Waals surface area contributed by atoms with Crippen molar-refractivity contribution in [2.24, 2.45) is 0 Å². The summed E-state index contributed by atoms with van der Waals surface area (Å²) in [5.41, 5.74) is 7.93. The van der Waals surface area contributed by atoms with Gasteiger partial charge in [-0.2, -0.15) is 0 Å². The number of phenols is 1. The molecule has 0 unspecified atom stereocenters. The minimum absolute atomic E-state index is 0.224. The van der Waals surface area contributed by atoms with Crippen LogP contribution in [0.2, 0.25) is 0 Å². The maximum atomic E-state index is 9.24. The minimum atomic E-state index is 0.224. The van der Waals surface area contributed by atoms with E-state index in [1.165, 1.54) is 0 Å². The van der Waals surface area contributed by atoms with Gasteiger partial charge in [-0.15, -0.1) is 0 Å². The molecule has 3 aromatic rings. The van der Waals surface area contributed by atoms with Crippen molar-refractivity contribution >= 4 is 16.6 Å². The first kappa shape index (κ1) is 9.72. The Bertz CT molecular complexity index is 671. The highest BCUT2D eigenvalue weighted by Crippen LogP contribution is 2.30. The lowest BCUT2D eigenvalue weighted by Gasteiger charge is -1.97. The van der Waals surface area contributed by atoms with Gasteiger partial charge in [-0.1, -0.05) is 5.16 Å². The van der Waals surface area contributed by atoms with E-state index in [0.29, 0.717) is 11.4 Å². The van der Waals surface area contributed by atoms with Crippen LogP contribution in [-0.2, 0) is 0 Å². The van der Waals surface area contributed by atoms with E-state index in [9.17, 15) is 5.11 Å². The van der Waals surface area contributed by atoms with Gasteiger partial charge in [0, 0.05) is 16.6 Å². The third-order valence-electron chi connectivity index (χ3n) is 2.63. The highest BCUT2D eigenvalue weighted by molar-refractivity contribution is 5.93. The van der Waals surface area contributed by atoms with Crippen LogP contribution in [0.4, 0.5) is 5.69 Å². The van der Waals surface area contributed by atoms with Gasteiger partial charge in [0.05, 0.1) is 0 Å². The molecule has 17 heavy (non-hydrogen) atoms. The minimum Gasteiger partial charge on any atom is -0.508 e. The Hall–Kier alpha value is -2.49. The molecule has 0 amide bonds. The summed E-state index contributed by atoms with van der Waals surface area (Å²) in [6.45, 7) is 0. The van der Waals surface area contributed by atoms with E-state index in [0.717, 1.165) is 16.5 Å². The molecule has 0 aliphatic heterocycles. The van der Waals surface area contributed by atoms with Gasteiger partial charge in [-0.3, -0.25) is 0 Å². The summed E-state index contributed by atoms with van der Waals surface area (Å²) < 4.78 is 5.31. The Kier molecular flexibility index (Phi) is 2.01. The first-order valence-electron chi connectivity index (χ1n) is 5.18. The molecule has 3 N–H and O–H groups in total. The Labute approximate surface area is 97.3 Å². The Morgan fingerprint density at radius 1 is 1.06 bits per heavy atom. The monoisotopic (exact) mass is 226 g/mol. The van der Waals surface area contributed by atoms with Gasteiger partial charge >= 0.3 is 0 Å². The Morgan fingerprint density at radius 2 is 1.82 bits per heavy atom. The Balaban J connectivity index is 2.21. The first-order chi connectivity index (χ1) is 8.24. The van der Waals surface area contributed by atoms with E-state index in [2.05, 4.69) is 5.16 Å². The number of hydrogen-bond acceptors (Lipinski definition) is 4. The van der Waals surface area contributed by atoms with Gasteiger partial charge in [0.25, 0.3) is 0 Å². The number of aromatic hydroxyl groups is 1. The second kappa shape index (κ2) is 3.52. The van der Waals surface area contributed by atoms with Gasteiger partial charge in [0.2, 0.25) is 0 Å². The predicted molar refractivity (Wildman–Crippen MR) is 65.5 cm³/mol. The van der Waals surface area contributed by atoms with Crippen LogP contribution in [0.5, 0.6) is 5.75 Å². The molecule has 0 saturated heterocycles. The lowest BCUT2D eigenvalue weighted by Crippen LogP contribution is -1.82. The molecule has 84 valence electrons. The number of nitrogens with zero attached hydrogens (tertiary/aromatic N) is 1. The molecular formula is C13H10N2O2. The zero-order valence-corrected chi connectivity index (χ0v) is 8.92. The Morgan fingerprint density at radius 3 is 2.59 bits per heavy atom. The second-order valence-corrected chi connectivity index (χ2v) is 3.84. The average molecular weight is 226 g/mol. The third kappa shape index (κ3) is 1.59. The highest BCUT2D eigenvalue weighted by Gasteiger charge is 2.10. The lowest BCUT2D eigenvalue weighted by molar-refractivity contribution is 0.440. The quantitative estimate of drug-likeness (QED) is 0.626. The van der Waals surface area contributed by atoms with Gasteiger partial charge in [0.15, 0.2) is 5.76 Å². The number of rotatable bonds is 1. The normalized spacial score (nSPS) is 10.8. The number of aromatic nitrogens is 1. The SMILES string of the molecule is Nc1ccc2c(-c3ccc(O)cc3)onc2c1. The molecule has 1 heterocycles. The van der Waals surface area contributed by atoms with Crippen molar-refractivity contribution < 1.29 is 9.63 Å². The number of nitrogens with two attached hydrogens (primary N) is 1. The van der Waals surface area contributed by atoms with Crippen molar-refractivity contribution in [3.8, 4) is 17.1 Å². The predicted octanol–water partition coefficient (Wildman–Crippen LogP) is 2.78. The van der Waals surface area contributed by atoms with Crippen molar-refractivity contribution in [2.45, 2.75) is 0 Å². The number of phenolic OH excluding ortho intramolecular Hbond substituents is 1. The maximum Gasteiger partial charge on any atom is 0.174 e. The molecule has 3 rings (SSSR count). The summed E-state index contributed by atoms with van der Waals surface area (Å²) in [5, 5.41) is 14.1. The molecule has 1 aromatic heterocycles. The van der Waals surface area contributed by atoms with E-state index < -0.39 is 0 Å². The number of nitrogen functional groups attached to an aromatic ring is 1. The summed E-state index contributed by atoms with van der Waals surface area (Å²) in [4.78, 5) is 0. The third-order valence-corrected chi connectivity index (χ3v) is 2.63. The molecule has 0 bridgehead atoms. The average Bonchev–Trinajstić information content (AvgIpc) is 2.73. The molecule has 4 heteroatoms. The van der Waals surface area contributed by atoms with Crippen molar-refractivity contribution in [1.29, 1.82) is 0 Å². The maximum absolute atomic E-state index is 9.24. The van der Waals surface area contributed by atoms with Crippen LogP contribution >= 0.6 is 0 Å². The molecule has 0 fully saturated rings. The van der Waals surface area contributed by atoms with Crippen LogP contribution in [0.1, 0.15) is 0 Å². The molecule has 0 spiro atoms. The van der Waals surface area contributed by atoms with E-state index in [4.69, 9.17) is 10.3 Å². The smallest absolute Gasteiger partial charge is 0.174 e. The first-order valence-corrected chi connectivity index (χ1v) is 5.18. The summed E-state index contributed by atoms with van der Waals surface area (Å²) in [6.07, 6.45) is 0. The molecule has 0 aliphatic carbocycles. The summed E-state index contributed by atoms with van der Waals surface area (Å²) in [5.74, 6) is 0.904. The largest absolute Gasteiger partial charge is 0.508 e. The van der Waals surface area contributed by atoms with E-state index >= 15 is 0 Å². The van der Waals surface area contributed by atoms with E-state index in [-0.39, 0.29) is 5.75 Å². The van der Waals surface area contributed by atoms with Gasteiger partial charge < -0.3 is 15.4 Å². The molecule has 2 aromatic carbocycles. The fourth-order valence-corrected chi connectivity index (χ4v) is 1.78. The number of fused-ring (bicyclic) bond motifs is 1. The van der Waals surface area contributed by atoms with Crippen LogP contribution in [0.25, 0.3) is 22.2 Å². The topological polar surface area (TPSA) is 72.3 Å². The molecule has 0 saturated carbocycles. The van der Waals surface area contributed by atoms with Crippen LogP contribution in [-0.4, -0.2) is 10.3 Å². The fourth-order valence-electron chi connectivity index (χ4n) is 1.78. The van der Waals surface area contributed by atoms with Crippen LogP contribution in [0.15, 0.2) is 47.0 Å². The summed E-state index contributed by atoms with van der Waals surface area (Å²) in [6, 6.07) is 12.2. The highest BCUT2D eigenvalue weighted by atomic mass is 16.5. The number of anilines is 1.